The number of nitrogens with zero attached hydrogens (tertiary/aromatic N) is 1. The summed E-state index contributed by atoms with van der Waals surface area (Å²) in [4.78, 5) is 2.37. The van der Waals surface area contributed by atoms with Gasteiger partial charge in [-0.15, -0.1) is 0 Å². The van der Waals surface area contributed by atoms with Crippen molar-refractivity contribution < 1.29 is 0 Å². The normalized spacial score (nSPS) is 19.6. The summed E-state index contributed by atoms with van der Waals surface area (Å²) in [6.07, 6.45) is 3.95. The van der Waals surface area contributed by atoms with E-state index in [0.29, 0.717) is 0 Å². The van der Waals surface area contributed by atoms with Crippen molar-refractivity contribution in [3.63, 3.8) is 0 Å². The Balaban J connectivity index is 1.89. The van der Waals surface area contributed by atoms with Crippen LogP contribution in [0, 0.1) is 13.8 Å². The molecule has 1 fully saturated rings. The van der Waals surface area contributed by atoms with E-state index in [1.54, 1.807) is 0 Å². The van der Waals surface area contributed by atoms with Gasteiger partial charge in [0.05, 0.1) is 0 Å². The highest BCUT2D eigenvalue weighted by atomic mass is 15.1. The molecule has 1 atom stereocenters. The summed E-state index contributed by atoms with van der Waals surface area (Å²) in [5.74, 6) is 0. The van der Waals surface area contributed by atoms with Gasteiger partial charge in [-0.1, -0.05) is 6.07 Å². The van der Waals surface area contributed by atoms with E-state index in [9.17, 15) is 0 Å². The van der Waals surface area contributed by atoms with E-state index in [2.05, 4.69) is 49.3 Å². The number of anilines is 1. The van der Waals surface area contributed by atoms with Crippen LogP contribution in [0.15, 0.2) is 18.2 Å². The molecule has 0 aromatic heterocycles. The Morgan fingerprint density at radius 3 is 2.76 bits per heavy atom. The molecule has 0 aliphatic carbocycles. The number of nitrogens with one attached hydrogen (secondary N) is 1. The van der Waals surface area contributed by atoms with Crippen molar-refractivity contribution >= 4 is 5.69 Å². The van der Waals surface area contributed by atoms with E-state index in [1.165, 1.54) is 42.6 Å². The molecule has 0 saturated carbocycles. The summed E-state index contributed by atoms with van der Waals surface area (Å²) in [6.45, 7) is 6.70. The van der Waals surface area contributed by atoms with Gasteiger partial charge in [0.15, 0.2) is 0 Å². The van der Waals surface area contributed by atoms with Gasteiger partial charge in [-0.05, 0) is 62.9 Å². The molecule has 1 aromatic rings. The first-order chi connectivity index (χ1) is 8.16. The maximum absolute atomic E-state index is 3.56. The second-order valence-corrected chi connectivity index (χ2v) is 5.27. The van der Waals surface area contributed by atoms with Crippen molar-refractivity contribution in [2.45, 2.75) is 39.2 Å². The van der Waals surface area contributed by atoms with Crippen molar-refractivity contribution in [3.8, 4) is 0 Å². The van der Waals surface area contributed by atoms with Crippen LogP contribution in [0.4, 0.5) is 5.69 Å². The number of rotatable bonds is 4. The Labute approximate surface area is 105 Å². The third-order valence-corrected chi connectivity index (χ3v) is 3.91. The molecule has 1 unspecified atom stereocenters. The first kappa shape index (κ1) is 12.4. The molecule has 2 heteroatoms. The molecule has 0 amide bonds. The van der Waals surface area contributed by atoms with E-state index in [-0.39, 0.29) is 0 Å². The van der Waals surface area contributed by atoms with Crippen molar-refractivity contribution in [2.75, 3.05) is 25.0 Å². The summed E-state index contributed by atoms with van der Waals surface area (Å²) < 4.78 is 0. The summed E-state index contributed by atoms with van der Waals surface area (Å²) in [7, 11) is 2.19. The highest BCUT2D eigenvalue weighted by molar-refractivity contribution is 5.49. The summed E-state index contributed by atoms with van der Waals surface area (Å²) in [5.41, 5.74) is 4.10. The second kappa shape index (κ2) is 5.54. The van der Waals surface area contributed by atoms with E-state index in [1.807, 2.05) is 0 Å². The van der Waals surface area contributed by atoms with Gasteiger partial charge < -0.3 is 10.2 Å². The minimum atomic E-state index is 0.740. The topological polar surface area (TPSA) is 15.3 Å². The lowest BCUT2D eigenvalue weighted by atomic mass is 10.1. The average Bonchev–Trinajstić information content (AvgIpc) is 2.82. The van der Waals surface area contributed by atoms with Gasteiger partial charge in [-0.25, -0.2) is 0 Å². The van der Waals surface area contributed by atoms with Crippen LogP contribution in [0.1, 0.15) is 30.4 Å². The van der Waals surface area contributed by atoms with Crippen LogP contribution in [0.5, 0.6) is 0 Å². The van der Waals surface area contributed by atoms with Gasteiger partial charge >= 0.3 is 0 Å². The fourth-order valence-electron chi connectivity index (χ4n) is 2.44. The molecule has 1 heterocycles. The lowest BCUT2D eigenvalue weighted by Crippen LogP contribution is -2.28. The number of aryl methyl sites for hydroxylation is 2. The van der Waals surface area contributed by atoms with E-state index in [4.69, 9.17) is 0 Å². The molecule has 0 radical (unpaired) electrons. The van der Waals surface area contributed by atoms with Crippen LogP contribution < -0.4 is 10.2 Å². The van der Waals surface area contributed by atoms with Gasteiger partial charge in [0.25, 0.3) is 0 Å². The molecule has 1 saturated heterocycles. The van der Waals surface area contributed by atoms with Crippen molar-refractivity contribution in [3.05, 3.63) is 29.3 Å². The fraction of sp³-hybridized carbons (Fsp3) is 0.600. The molecule has 2 nitrogen and oxygen atoms in total. The predicted octanol–water partition coefficient (Wildman–Crippen LogP) is 2.88. The van der Waals surface area contributed by atoms with Gasteiger partial charge in [-0.3, -0.25) is 0 Å². The smallest absolute Gasteiger partial charge is 0.0366 e. The Hall–Kier alpha value is -1.02. The number of hydrogen-bond donors (Lipinski definition) is 1. The zero-order chi connectivity index (χ0) is 12.3. The van der Waals surface area contributed by atoms with Crippen LogP contribution >= 0.6 is 0 Å². The molecule has 94 valence electrons. The lowest BCUT2D eigenvalue weighted by Gasteiger charge is -2.22. The Kier molecular flexibility index (Phi) is 4.06. The number of hydrogen-bond acceptors (Lipinski definition) is 2. The second-order valence-electron chi connectivity index (χ2n) is 5.27. The van der Waals surface area contributed by atoms with Gasteiger partial charge in [0.1, 0.15) is 0 Å². The van der Waals surface area contributed by atoms with Crippen molar-refractivity contribution in [2.24, 2.45) is 0 Å². The highest BCUT2D eigenvalue weighted by Gasteiger charge is 2.14. The van der Waals surface area contributed by atoms with Crippen molar-refractivity contribution in [1.82, 2.24) is 5.32 Å². The Bertz CT molecular complexity index is 367. The van der Waals surface area contributed by atoms with Crippen LogP contribution in [-0.4, -0.2) is 26.2 Å². The third kappa shape index (κ3) is 3.22. The predicted molar refractivity (Wildman–Crippen MR) is 74.8 cm³/mol. The monoisotopic (exact) mass is 232 g/mol. The standard InChI is InChI=1S/C15H24N2/c1-12-6-7-15(11-13(12)2)17(3)10-8-14-5-4-9-16-14/h6-7,11,14,16H,4-5,8-10H2,1-3H3. The first-order valence-corrected chi connectivity index (χ1v) is 6.68. The maximum Gasteiger partial charge on any atom is 0.0366 e. The van der Waals surface area contributed by atoms with E-state index in [0.717, 1.165) is 12.6 Å². The molecule has 1 aromatic carbocycles. The molecule has 0 bridgehead atoms. The molecule has 1 N–H and O–H groups in total. The quantitative estimate of drug-likeness (QED) is 0.858. The third-order valence-electron chi connectivity index (χ3n) is 3.91. The summed E-state index contributed by atoms with van der Waals surface area (Å²) in [6, 6.07) is 7.47. The van der Waals surface area contributed by atoms with Gasteiger partial charge in [-0.2, -0.15) is 0 Å². The molecule has 0 spiro atoms. The SMILES string of the molecule is Cc1ccc(N(C)CCC2CCCN2)cc1C. The van der Waals surface area contributed by atoms with Gasteiger partial charge in [0, 0.05) is 25.3 Å². The van der Waals surface area contributed by atoms with Crippen molar-refractivity contribution in [1.29, 1.82) is 0 Å². The zero-order valence-corrected chi connectivity index (χ0v) is 11.3. The van der Waals surface area contributed by atoms with Crippen LogP contribution in [0.3, 0.4) is 0 Å². The molecule has 17 heavy (non-hydrogen) atoms. The van der Waals surface area contributed by atoms with Crippen LogP contribution in [-0.2, 0) is 0 Å². The van der Waals surface area contributed by atoms with Crippen LogP contribution in [0.2, 0.25) is 0 Å². The molecular weight excluding hydrogens is 208 g/mol. The zero-order valence-electron chi connectivity index (χ0n) is 11.3. The molecule has 1 aliphatic heterocycles. The summed E-state index contributed by atoms with van der Waals surface area (Å²) in [5, 5.41) is 3.56. The Morgan fingerprint density at radius 2 is 2.12 bits per heavy atom. The first-order valence-electron chi connectivity index (χ1n) is 6.68. The van der Waals surface area contributed by atoms with E-state index >= 15 is 0 Å². The average molecular weight is 232 g/mol. The van der Waals surface area contributed by atoms with E-state index < -0.39 is 0 Å². The number of benzene rings is 1. The fourth-order valence-corrected chi connectivity index (χ4v) is 2.44. The largest absolute Gasteiger partial charge is 0.375 e. The maximum atomic E-state index is 3.56. The lowest BCUT2D eigenvalue weighted by molar-refractivity contribution is 0.559. The molecular formula is C15H24N2. The minimum Gasteiger partial charge on any atom is -0.375 e. The van der Waals surface area contributed by atoms with Gasteiger partial charge in [0.2, 0.25) is 0 Å². The summed E-state index contributed by atoms with van der Waals surface area (Å²) >= 11 is 0. The minimum absolute atomic E-state index is 0.740. The highest BCUT2D eigenvalue weighted by Crippen LogP contribution is 2.18. The Morgan fingerprint density at radius 1 is 1.29 bits per heavy atom. The molecule has 2 rings (SSSR count). The van der Waals surface area contributed by atoms with Crippen LogP contribution in [0.25, 0.3) is 0 Å². The molecule has 1 aliphatic rings.